The van der Waals surface area contributed by atoms with Gasteiger partial charge in [0.15, 0.2) is 0 Å². The Hall–Kier alpha value is -2.62. The van der Waals surface area contributed by atoms with Crippen LogP contribution in [0.5, 0.6) is 0 Å². The van der Waals surface area contributed by atoms with E-state index in [0.717, 1.165) is 36.2 Å². The van der Waals surface area contributed by atoms with Crippen LogP contribution in [0, 0.1) is 13.8 Å². The maximum Gasteiger partial charge on any atom is 0.209 e. The summed E-state index contributed by atoms with van der Waals surface area (Å²) in [6.07, 6.45) is 2.12. The highest BCUT2D eigenvalue weighted by atomic mass is 15.4. The van der Waals surface area contributed by atoms with Crippen LogP contribution < -0.4 is 11.2 Å². The van der Waals surface area contributed by atoms with Gasteiger partial charge < -0.3 is 5.73 Å². The molecule has 126 valence electrons. The van der Waals surface area contributed by atoms with Crippen molar-refractivity contribution in [3.63, 3.8) is 0 Å². The number of hydrogen-bond donors (Lipinski definition) is 2. The molecule has 0 amide bonds. The van der Waals surface area contributed by atoms with Crippen LogP contribution in [-0.4, -0.2) is 18.2 Å². The summed E-state index contributed by atoms with van der Waals surface area (Å²) < 4.78 is 0. The van der Waals surface area contributed by atoms with Gasteiger partial charge in [-0.2, -0.15) is 5.10 Å². The van der Waals surface area contributed by atoms with E-state index in [2.05, 4.69) is 84.8 Å². The maximum absolute atomic E-state index is 5.90. The van der Waals surface area contributed by atoms with Crippen molar-refractivity contribution in [2.75, 3.05) is 6.54 Å². The van der Waals surface area contributed by atoms with Gasteiger partial charge in [0, 0.05) is 17.7 Å². The number of nitrogens with one attached hydrogen (secondary N) is 1. The third-order valence-electron chi connectivity index (χ3n) is 3.73. The Bertz CT molecular complexity index is 650. The summed E-state index contributed by atoms with van der Waals surface area (Å²) in [5.74, 6) is 0.347. The second-order valence-corrected chi connectivity index (χ2v) is 5.92. The summed E-state index contributed by atoms with van der Waals surface area (Å²) in [5, 5.41) is 4.51. The fraction of sp³-hybridized carbons (Fsp3) is 0.300. The smallest absolute Gasteiger partial charge is 0.209 e. The fourth-order valence-electron chi connectivity index (χ4n) is 2.22. The van der Waals surface area contributed by atoms with Gasteiger partial charge >= 0.3 is 0 Å². The highest BCUT2D eigenvalue weighted by Gasteiger charge is 2.07. The number of unbranched alkanes of at least 4 members (excludes halogenated alkanes) is 1. The van der Waals surface area contributed by atoms with E-state index in [4.69, 9.17) is 5.73 Å². The molecule has 2 rings (SSSR count). The van der Waals surface area contributed by atoms with Gasteiger partial charge in [-0.05, 0) is 20.3 Å². The van der Waals surface area contributed by atoms with Crippen molar-refractivity contribution in [2.24, 2.45) is 15.8 Å². The summed E-state index contributed by atoms with van der Waals surface area (Å²) in [7, 11) is 0. The van der Waals surface area contributed by atoms with E-state index in [9.17, 15) is 0 Å². The molecule has 0 unspecified atom stereocenters. The van der Waals surface area contributed by atoms with Crippen molar-refractivity contribution in [3.05, 3.63) is 70.8 Å². The van der Waals surface area contributed by atoms with Crippen molar-refractivity contribution < 1.29 is 0 Å². The van der Waals surface area contributed by atoms with E-state index in [-0.39, 0.29) is 0 Å². The molecular weight excluding hydrogens is 296 g/mol. The number of rotatable bonds is 6. The Balaban J connectivity index is 2.28. The zero-order chi connectivity index (χ0) is 17.4. The summed E-state index contributed by atoms with van der Waals surface area (Å²) in [6, 6.07) is 16.6. The average Bonchev–Trinajstić information content (AvgIpc) is 2.58. The molecule has 2 aromatic carbocycles. The fourth-order valence-corrected chi connectivity index (χ4v) is 2.22. The largest absolute Gasteiger partial charge is 0.369 e. The second-order valence-electron chi connectivity index (χ2n) is 5.92. The van der Waals surface area contributed by atoms with Gasteiger partial charge in [0.2, 0.25) is 5.96 Å². The first-order chi connectivity index (χ1) is 11.6. The van der Waals surface area contributed by atoms with E-state index in [1.54, 1.807) is 0 Å². The Labute approximate surface area is 144 Å². The molecule has 4 heteroatoms. The van der Waals surface area contributed by atoms with Gasteiger partial charge in [-0.25, -0.2) is 5.43 Å². The third kappa shape index (κ3) is 5.23. The number of aryl methyl sites for hydroxylation is 2. The lowest BCUT2D eigenvalue weighted by Gasteiger charge is -2.09. The van der Waals surface area contributed by atoms with Crippen LogP contribution in [0.1, 0.15) is 42.0 Å². The Morgan fingerprint density at radius 3 is 1.88 bits per heavy atom. The Kier molecular flexibility index (Phi) is 6.55. The maximum atomic E-state index is 5.90. The standard InChI is InChI=1S/C20H26N4/c1-4-5-14-22-20(21)24-23-19(17-10-6-15(2)7-11-17)18-12-8-16(3)9-13-18/h6-13H,4-5,14H2,1-3H3,(H3,21,22,24). The zero-order valence-corrected chi connectivity index (χ0v) is 14.7. The molecule has 0 fully saturated rings. The van der Waals surface area contributed by atoms with E-state index < -0.39 is 0 Å². The highest BCUT2D eigenvalue weighted by molar-refractivity contribution is 6.13. The molecule has 0 bridgehead atoms. The molecule has 0 aromatic heterocycles. The van der Waals surface area contributed by atoms with E-state index in [1.807, 2.05) is 0 Å². The first-order valence-corrected chi connectivity index (χ1v) is 8.38. The molecule has 0 radical (unpaired) electrons. The lowest BCUT2D eigenvalue weighted by atomic mass is 10.0. The lowest BCUT2D eigenvalue weighted by Crippen LogP contribution is -2.29. The molecule has 24 heavy (non-hydrogen) atoms. The molecule has 2 aromatic rings. The van der Waals surface area contributed by atoms with Crippen LogP contribution in [0.15, 0.2) is 58.6 Å². The predicted molar refractivity (Wildman–Crippen MR) is 103 cm³/mol. The summed E-state index contributed by atoms with van der Waals surface area (Å²) in [4.78, 5) is 4.28. The molecule has 0 saturated heterocycles. The van der Waals surface area contributed by atoms with Gasteiger partial charge in [0.05, 0.1) is 5.71 Å². The number of aliphatic imine (C=N–C) groups is 1. The van der Waals surface area contributed by atoms with Crippen molar-refractivity contribution in [3.8, 4) is 0 Å². The molecular formula is C20H26N4. The topological polar surface area (TPSA) is 62.8 Å². The third-order valence-corrected chi connectivity index (χ3v) is 3.73. The van der Waals surface area contributed by atoms with Crippen LogP contribution in [0.4, 0.5) is 0 Å². The minimum absolute atomic E-state index is 0.347. The van der Waals surface area contributed by atoms with Crippen molar-refractivity contribution in [2.45, 2.75) is 33.6 Å². The number of hydrazone groups is 1. The molecule has 0 atom stereocenters. The molecule has 0 spiro atoms. The van der Waals surface area contributed by atoms with Gasteiger partial charge in [0.25, 0.3) is 0 Å². The van der Waals surface area contributed by atoms with Crippen LogP contribution >= 0.6 is 0 Å². The molecule has 0 aliphatic rings. The Morgan fingerprint density at radius 1 is 0.917 bits per heavy atom. The minimum Gasteiger partial charge on any atom is -0.369 e. The van der Waals surface area contributed by atoms with Gasteiger partial charge in [0.1, 0.15) is 0 Å². The summed E-state index contributed by atoms with van der Waals surface area (Å²) in [5.41, 5.74) is 14.1. The normalized spacial score (nSPS) is 11.2. The molecule has 0 saturated carbocycles. The number of benzene rings is 2. The number of hydrogen-bond acceptors (Lipinski definition) is 2. The quantitative estimate of drug-likeness (QED) is 0.368. The van der Waals surface area contributed by atoms with Crippen molar-refractivity contribution in [1.29, 1.82) is 0 Å². The second kappa shape index (κ2) is 8.87. The zero-order valence-electron chi connectivity index (χ0n) is 14.7. The number of nitrogens with zero attached hydrogens (tertiary/aromatic N) is 2. The van der Waals surface area contributed by atoms with Gasteiger partial charge in [-0.15, -0.1) is 0 Å². The molecule has 0 heterocycles. The van der Waals surface area contributed by atoms with Crippen LogP contribution in [-0.2, 0) is 0 Å². The van der Waals surface area contributed by atoms with Crippen molar-refractivity contribution in [1.82, 2.24) is 5.43 Å². The average molecular weight is 322 g/mol. The number of guanidine groups is 1. The van der Waals surface area contributed by atoms with Gasteiger partial charge in [-0.3, -0.25) is 4.99 Å². The van der Waals surface area contributed by atoms with Crippen LogP contribution in [0.25, 0.3) is 0 Å². The molecule has 4 nitrogen and oxygen atoms in total. The lowest BCUT2D eigenvalue weighted by molar-refractivity contribution is 0.799. The molecule has 0 aliphatic heterocycles. The summed E-state index contributed by atoms with van der Waals surface area (Å²) >= 11 is 0. The highest BCUT2D eigenvalue weighted by Crippen LogP contribution is 2.13. The van der Waals surface area contributed by atoms with Crippen LogP contribution in [0.2, 0.25) is 0 Å². The van der Waals surface area contributed by atoms with Crippen molar-refractivity contribution >= 4 is 11.7 Å². The van der Waals surface area contributed by atoms with E-state index >= 15 is 0 Å². The van der Waals surface area contributed by atoms with Crippen LogP contribution in [0.3, 0.4) is 0 Å². The Morgan fingerprint density at radius 2 is 1.42 bits per heavy atom. The molecule has 0 aliphatic carbocycles. The monoisotopic (exact) mass is 322 g/mol. The first kappa shape index (κ1) is 17.7. The predicted octanol–water partition coefficient (Wildman–Crippen LogP) is 3.76. The molecule has 3 N–H and O–H groups in total. The van der Waals surface area contributed by atoms with Gasteiger partial charge in [-0.1, -0.05) is 73.0 Å². The van der Waals surface area contributed by atoms with E-state index in [1.165, 1.54) is 11.1 Å². The number of nitrogens with two attached hydrogens (primary N) is 1. The first-order valence-electron chi connectivity index (χ1n) is 8.38. The summed E-state index contributed by atoms with van der Waals surface area (Å²) in [6.45, 7) is 6.99. The SMILES string of the molecule is CCCCN=C(N)NN=C(c1ccc(C)cc1)c1ccc(C)cc1. The minimum atomic E-state index is 0.347. The van der Waals surface area contributed by atoms with E-state index in [0.29, 0.717) is 5.96 Å².